The van der Waals surface area contributed by atoms with E-state index in [0.29, 0.717) is 0 Å². The van der Waals surface area contributed by atoms with Crippen molar-refractivity contribution in [3.05, 3.63) is 24.3 Å². The van der Waals surface area contributed by atoms with Crippen molar-refractivity contribution in [3.63, 3.8) is 0 Å². The van der Waals surface area contributed by atoms with Gasteiger partial charge in [0.1, 0.15) is 0 Å². The first-order chi connectivity index (χ1) is 10.1. The number of rotatable bonds is 5. The second-order valence-electron chi connectivity index (χ2n) is 5.98. The van der Waals surface area contributed by atoms with Crippen LogP contribution in [-0.2, 0) is 4.79 Å². The van der Waals surface area contributed by atoms with E-state index in [1.165, 1.54) is 18.8 Å². The van der Waals surface area contributed by atoms with Crippen LogP contribution < -0.4 is 5.32 Å². The molecule has 1 aromatic rings. The Morgan fingerprint density at radius 1 is 1.14 bits per heavy atom. The van der Waals surface area contributed by atoms with Gasteiger partial charge in [0.25, 0.3) is 5.91 Å². The quantitative estimate of drug-likeness (QED) is 0.903. The van der Waals surface area contributed by atoms with Crippen LogP contribution >= 0.6 is 0 Å². The van der Waals surface area contributed by atoms with Gasteiger partial charge in [-0.1, -0.05) is 33.1 Å². The molecule has 21 heavy (non-hydrogen) atoms. The van der Waals surface area contributed by atoms with Gasteiger partial charge in [0.2, 0.25) is 5.82 Å². The van der Waals surface area contributed by atoms with Crippen molar-refractivity contribution < 1.29 is 9.59 Å². The van der Waals surface area contributed by atoms with Gasteiger partial charge in [-0.15, -0.1) is 0 Å². The zero-order valence-electron chi connectivity index (χ0n) is 12.7. The average molecular weight is 289 g/mol. The number of Topliss-reactive ketones (excluding diaryl/α,β-unsaturated/α-hetero) is 1. The first-order valence-electron chi connectivity index (χ1n) is 7.71. The lowest BCUT2D eigenvalue weighted by atomic mass is 9.80. The van der Waals surface area contributed by atoms with Gasteiger partial charge >= 0.3 is 0 Å². The molecule has 1 aromatic heterocycles. The van der Waals surface area contributed by atoms with Crippen molar-refractivity contribution in [2.75, 3.05) is 0 Å². The Bertz CT molecular complexity index is 482. The summed E-state index contributed by atoms with van der Waals surface area (Å²) in [5.41, 5.74) is 0. The van der Waals surface area contributed by atoms with Gasteiger partial charge in [0.05, 0.1) is 6.04 Å². The highest BCUT2D eigenvalue weighted by Crippen LogP contribution is 2.28. The number of aromatic nitrogens is 2. The Morgan fingerprint density at radius 3 is 2.33 bits per heavy atom. The second kappa shape index (κ2) is 7.29. The first-order valence-corrected chi connectivity index (χ1v) is 7.71. The molecule has 2 rings (SSSR count). The number of hydrogen-bond acceptors (Lipinski definition) is 4. The van der Waals surface area contributed by atoms with E-state index in [1.807, 2.05) is 13.8 Å². The van der Waals surface area contributed by atoms with Gasteiger partial charge in [-0.25, -0.2) is 9.97 Å². The average Bonchev–Trinajstić information content (AvgIpc) is 2.53. The van der Waals surface area contributed by atoms with Crippen molar-refractivity contribution in [2.45, 2.75) is 52.0 Å². The molecule has 1 fully saturated rings. The van der Waals surface area contributed by atoms with Crippen molar-refractivity contribution in [2.24, 2.45) is 11.8 Å². The maximum Gasteiger partial charge on any atom is 0.289 e. The summed E-state index contributed by atoms with van der Waals surface area (Å²) in [6.07, 6.45) is 8.53. The van der Waals surface area contributed by atoms with E-state index in [9.17, 15) is 9.59 Å². The van der Waals surface area contributed by atoms with Crippen molar-refractivity contribution >= 4 is 11.7 Å². The van der Waals surface area contributed by atoms with Gasteiger partial charge in [0, 0.05) is 18.3 Å². The Balaban J connectivity index is 2.11. The highest BCUT2D eigenvalue weighted by Gasteiger charge is 2.32. The fourth-order valence-electron chi connectivity index (χ4n) is 2.87. The van der Waals surface area contributed by atoms with Gasteiger partial charge < -0.3 is 5.32 Å². The molecule has 1 heterocycles. The summed E-state index contributed by atoms with van der Waals surface area (Å²) >= 11 is 0. The largest absolute Gasteiger partial charge is 0.339 e. The number of ketones is 1. The number of carbonyl (C=O) groups excluding carboxylic acids is 2. The second-order valence-corrected chi connectivity index (χ2v) is 5.98. The van der Waals surface area contributed by atoms with Crippen molar-refractivity contribution in [1.29, 1.82) is 0 Å². The minimum Gasteiger partial charge on any atom is -0.339 e. The lowest BCUT2D eigenvalue weighted by Crippen LogP contribution is -2.48. The van der Waals surface area contributed by atoms with E-state index in [4.69, 9.17) is 0 Å². The minimum absolute atomic E-state index is 0.0890. The number of nitrogens with zero attached hydrogens (tertiary/aromatic N) is 2. The highest BCUT2D eigenvalue weighted by atomic mass is 16.2. The Kier molecular flexibility index (Phi) is 5.42. The van der Waals surface area contributed by atoms with Gasteiger partial charge in [0.15, 0.2) is 5.78 Å². The zero-order chi connectivity index (χ0) is 15.2. The number of hydrogen-bond donors (Lipinski definition) is 1. The van der Waals surface area contributed by atoms with Crippen LogP contribution in [0.3, 0.4) is 0 Å². The van der Waals surface area contributed by atoms with E-state index < -0.39 is 6.04 Å². The van der Waals surface area contributed by atoms with Crippen LogP contribution in [0.5, 0.6) is 0 Å². The number of nitrogens with one attached hydrogen (secondary N) is 1. The summed E-state index contributed by atoms with van der Waals surface area (Å²) in [5.74, 6) is 0.0106. The summed E-state index contributed by atoms with van der Waals surface area (Å²) in [6.45, 7) is 3.76. The van der Waals surface area contributed by atoms with Crippen molar-refractivity contribution in [1.82, 2.24) is 15.3 Å². The molecule has 1 saturated carbocycles. The lowest BCUT2D eigenvalue weighted by Gasteiger charge is -2.30. The summed E-state index contributed by atoms with van der Waals surface area (Å²) in [7, 11) is 0. The molecule has 5 heteroatoms. The molecule has 0 spiro atoms. The molecular formula is C16H23N3O2. The van der Waals surface area contributed by atoms with E-state index in [1.54, 1.807) is 6.07 Å². The first kappa shape index (κ1) is 15.6. The molecule has 1 amide bonds. The molecule has 1 N–H and O–H groups in total. The summed E-state index contributed by atoms with van der Waals surface area (Å²) in [6, 6.07) is 1.25. The van der Waals surface area contributed by atoms with E-state index in [0.717, 1.165) is 25.7 Å². The Hall–Kier alpha value is -1.78. The molecule has 5 nitrogen and oxygen atoms in total. The third-order valence-corrected chi connectivity index (χ3v) is 4.05. The molecule has 1 aliphatic rings. The van der Waals surface area contributed by atoms with Gasteiger partial charge in [-0.3, -0.25) is 9.59 Å². The van der Waals surface area contributed by atoms with E-state index in [2.05, 4.69) is 15.3 Å². The summed E-state index contributed by atoms with van der Waals surface area (Å²) < 4.78 is 0. The Labute approximate surface area is 125 Å². The molecule has 1 atom stereocenters. The topological polar surface area (TPSA) is 72.0 Å². The molecule has 0 aromatic carbocycles. The van der Waals surface area contributed by atoms with Crippen LogP contribution in [0.25, 0.3) is 0 Å². The number of amides is 1. The SMILES string of the molecule is CC(C)C(=O)[C@H](NC(=O)c1ncccn1)C1CCCCC1. The van der Waals surface area contributed by atoms with Crippen LogP contribution in [-0.4, -0.2) is 27.7 Å². The predicted octanol–water partition coefficient (Wildman–Crippen LogP) is 2.38. The Morgan fingerprint density at radius 2 is 1.76 bits per heavy atom. The maximum atomic E-state index is 12.5. The predicted molar refractivity (Wildman–Crippen MR) is 79.7 cm³/mol. The summed E-state index contributed by atoms with van der Waals surface area (Å²) in [4.78, 5) is 32.6. The molecule has 0 aliphatic heterocycles. The minimum atomic E-state index is -0.415. The molecule has 0 unspecified atom stereocenters. The van der Waals surface area contributed by atoms with Gasteiger partial charge in [-0.2, -0.15) is 0 Å². The fourth-order valence-corrected chi connectivity index (χ4v) is 2.87. The smallest absolute Gasteiger partial charge is 0.289 e. The third-order valence-electron chi connectivity index (χ3n) is 4.05. The standard InChI is InChI=1S/C16H23N3O2/c1-11(2)14(20)13(12-7-4-3-5-8-12)19-16(21)15-17-9-6-10-18-15/h6,9-13H,3-5,7-8H2,1-2H3,(H,19,21)/t13-/m1/s1. The molecule has 0 bridgehead atoms. The summed E-state index contributed by atoms with van der Waals surface area (Å²) in [5, 5.41) is 2.87. The lowest BCUT2D eigenvalue weighted by molar-refractivity contribution is -0.125. The van der Waals surface area contributed by atoms with Crippen LogP contribution in [0.1, 0.15) is 56.6 Å². The van der Waals surface area contributed by atoms with Crippen LogP contribution in [0, 0.1) is 11.8 Å². The molecule has 0 saturated heterocycles. The molecule has 114 valence electrons. The zero-order valence-corrected chi connectivity index (χ0v) is 12.7. The maximum absolute atomic E-state index is 12.5. The number of carbonyl (C=O) groups is 2. The highest BCUT2D eigenvalue weighted by molar-refractivity contribution is 5.96. The fraction of sp³-hybridized carbons (Fsp3) is 0.625. The molecular weight excluding hydrogens is 266 g/mol. The monoisotopic (exact) mass is 289 g/mol. The van der Waals surface area contributed by atoms with Crippen molar-refractivity contribution in [3.8, 4) is 0 Å². The van der Waals surface area contributed by atoms with Crippen LogP contribution in [0.2, 0.25) is 0 Å². The third kappa shape index (κ3) is 4.09. The van der Waals surface area contributed by atoms with E-state index >= 15 is 0 Å². The van der Waals surface area contributed by atoms with E-state index in [-0.39, 0.29) is 29.4 Å². The van der Waals surface area contributed by atoms with Gasteiger partial charge in [-0.05, 0) is 24.8 Å². The van der Waals surface area contributed by atoms with Crippen LogP contribution in [0.4, 0.5) is 0 Å². The van der Waals surface area contributed by atoms with Crippen LogP contribution in [0.15, 0.2) is 18.5 Å². The normalized spacial score (nSPS) is 17.5. The molecule has 0 radical (unpaired) electrons. The molecule has 1 aliphatic carbocycles.